The molecule has 0 aromatic heterocycles. The van der Waals surface area contributed by atoms with Crippen LogP contribution in [0.1, 0.15) is 38.2 Å². The van der Waals surface area contributed by atoms with Gasteiger partial charge in [0, 0.05) is 23.6 Å². The van der Waals surface area contributed by atoms with E-state index in [0.717, 1.165) is 31.6 Å². The number of hydrogen-bond donors (Lipinski definition) is 1. The summed E-state index contributed by atoms with van der Waals surface area (Å²) in [7, 11) is 0. The molecule has 1 aliphatic carbocycles. The van der Waals surface area contributed by atoms with Crippen molar-refractivity contribution >= 4 is 15.9 Å². The van der Waals surface area contributed by atoms with E-state index < -0.39 is 0 Å². The van der Waals surface area contributed by atoms with Crippen LogP contribution in [0.4, 0.5) is 0 Å². The van der Waals surface area contributed by atoms with Crippen LogP contribution in [0.25, 0.3) is 0 Å². The molecule has 0 unspecified atom stereocenters. The molecule has 19 heavy (non-hydrogen) atoms. The zero-order valence-electron chi connectivity index (χ0n) is 12.0. The fourth-order valence-electron chi connectivity index (χ4n) is 2.78. The Kier molecular flexibility index (Phi) is 5.86. The summed E-state index contributed by atoms with van der Waals surface area (Å²) in [6.07, 6.45) is 2.57. The van der Waals surface area contributed by atoms with E-state index in [0.29, 0.717) is 0 Å². The third kappa shape index (κ3) is 4.30. The van der Waals surface area contributed by atoms with Gasteiger partial charge in [-0.15, -0.1) is 0 Å². The van der Waals surface area contributed by atoms with Gasteiger partial charge >= 0.3 is 0 Å². The number of rotatable bonds is 7. The van der Waals surface area contributed by atoms with Crippen LogP contribution in [-0.4, -0.2) is 37.1 Å². The smallest absolute Gasteiger partial charge is 0.0178 e. The highest BCUT2D eigenvalue weighted by Gasteiger charge is 2.29. The van der Waals surface area contributed by atoms with Crippen molar-refractivity contribution in [2.45, 2.75) is 38.6 Å². The van der Waals surface area contributed by atoms with Crippen LogP contribution in [0.5, 0.6) is 0 Å². The molecule has 0 saturated heterocycles. The highest BCUT2D eigenvalue weighted by molar-refractivity contribution is 9.10. The van der Waals surface area contributed by atoms with Crippen LogP contribution in [0, 0.1) is 0 Å². The minimum atomic E-state index is 0.722. The standard InChI is InChI=1S/C16H25BrN2/c1-3-19(4-2)9-8-18-16-11-14(12-16)13-6-5-7-15(17)10-13/h5-7,10,14,16,18H,3-4,8-9,11-12H2,1-2H3. The summed E-state index contributed by atoms with van der Waals surface area (Å²) in [6.45, 7) is 9.07. The molecular formula is C16H25BrN2. The Labute approximate surface area is 125 Å². The number of nitrogens with one attached hydrogen (secondary N) is 1. The maximum Gasteiger partial charge on any atom is 0.0178 e. The van der Waals surface area contributed by atoms with Crippen LogP contribution >= 0.6 is 15.9 Å². The van der Waals surface area contributed by atoms with Gasteiger partial charge in [0.1, 0.15) is 0 Å². The molecule has 2 nitrogen and oxygen atoms in total. The summed E-state index contributed by atoms with van der Waals surface area (Å²) in [5.74, 6) is 0.753. The van der Waals surface area contributed by atoms with E-state index in [1.807, 2.05) is 0 Å². The van der Waals surface area contributed by atoms with E-state index in [1.165, 1.54) is 29.4 Å². The zero-order valence-corrected chi connectivity index (χ0v) is 13.6. The molecular weight excluding hydrogens is 300 g/mol. The van der Waals surface area contributed by atoms with Gasteiger partial charge in [0.2, 0.25) is 0 Å². The van der Waals surface area contributed by atoms with Crippen molar-refractivity contribution in [3.63, 3.8) is 0 Å². The van der Waals surface area contributed by atoms with Crippen LogP contribution in [-0.2, 0) is 0 Å². The molecule has 0 radical (unpaired) electrons. The number of nitrogens with zero attached hydrogens (tertiary/aromatic N) is 1. The van der Waals surface area contributed by atoms with Gasteiger partial charge in [0.15, 0.2) is 0 Å². The Morgan fingerprint density at radius 3 is 2.63 bits per heavy atom. The first-order valence-corrected chi connectivity index (χ1v) is 8.23. The van der Waals surface area contributed by atoms with Gasteiger partial charge in [-0.3, -0.25) is 0 Å². The van der Waals surface area contributed by atoms with Gasteiger partial charge in [0.25, 0.3) is 0 Å². The molecule has 1 saturated carbocycles. The zero-order chi connectivity index (χ0) is 13.7. The van der Waals surface area contributed by atoms with E-state index in [-0.39, 0.29) is 0 Å². The molecule has 1 aromatic rings. The van der Waals surface area contributed by atoms with Gasteiger partial charge in [-0.05, 0) is 49.5 Å². The Morgan fingerprint density at radius 1 is 1.26 bits per heavy atom. The molecule has 1 fully saturated rings. The second-order valence-electron chi connectivity index (χ2n) is 5.40. The monoisotopic (exact) mass is 324 g/mol. The number of likely N-dealkylation sites (N-methyl/N-ethyl adjacent to an activating group) is 1. The maximum absolute atomic E-state index is 3.68. The molecule has 1 aliphatic rings. The predicted octanol–water partition coefficient (Wildman–Crippen LogP) is 3.63. The molecule has 0 bridgehead atoms. The minimum absolute atomic E-state index is 0.722. The predicted molar refractivity (Wildman–Crippen MR) is 85.7 cm³/mol. The van der Waals surface area contributed by atoms with Gasteiger partial charge in [-0.25, -0.2) is 0 Å². The average Bonchev–Trinajstić information content (AvgIpc) is 2.36. The van der Waals surface area contributed by atoms with E-state index in [1.54, 1.807) is 0 Å². The molecule has 0 heterocycles. The Bertz CT molecular complexity index is 384. The van der Waals surface area contributed by atoms with Gasteiger partial charge in [-0.2, -0.15) is 0 Å². The van der Waals surface area contributed by atoms with Crippen molar-refractivity contribution < 1.29 is 0 Å². The second-order valence-corrected chi connectivity index (χ2v) is 6.32. The lowest BCUT2D eigenvalue weighted by Gasteiger charge is -2.37. The quantitative estimate of drug-likeness (QED) is 0.824. The van der Waals surface area contributed by atoms with Gasteiger partial charge in [0.05, 0.1) is 0 Å². The summed E-state index contributed by atoms with van der Waals surface area (Å²) >= 11 is 3.55. The summed E-state index contributed by atoms with van der Waals surface area (Å²) in [4.78, 5) is 2.47. The van der Waals surface area contributed by atoms with Crippen molar-refractivity contribution in [2.75, 3.05) is 26.2 Å². The van der Waals surface area contributed by atoms with Crippen molar-refractivity contribution in [1.82, 2.24) is 10.2 Å². The number of benzene rings is 1. The highest BCUT2D eigenvalue weighted by Crippen LogP contribution is 2.37. The lowest BCUT2D eigenvalue weighted by Crippen LogP contribution is -2.43. The summed E-state index contributed by atoms with van der Waals surface area (Å²) in [5, 5.41) is 3.68. The van der Waals surface area contributed by atoms with Crippen LogP contribution < -0.4 is 5.32 Å². The first-order chi connectivity index (χ1) is 9.22. The molecule has 0 spiro atoms. The minimum Gasteiger partial charge on any atom is -0.313 e. The maximum atomic E-state index is 3.68. The first-order valence-electron chi connectivity index (χ1n) is 7.44. The first kappa shape index (κ1) is 15.0. The Morgan fingerprint density at radius 2 is 2.00 bits per heavy atom. The second kappa shape index (κ2) is 7.41. The van der Waals surface area contributed by atoms with Crippen molar-refractivity contribution in [3.8, 4) is 0 Å². The summed E-state index contributed by atoms with van der Waals surface area (Å²) in [6, 6.07) is 9.47. The highest BCUT2D eigenvalue weighted by atomic mass is 79.9. The normalized spacial score (nSPS) is 22.5. The van der Waals surface area contributed by atoms with Crippen LogP contribution in [0.2, 0.25) is 0 Å². The topological polar surface area (TPSA) is 15.3 Å². The fourth-order valence-corrected chi connectivity index (χ4v) is 3.20. The third-order valence-electron chi connectivity index (χ3n) is 4.21. The fraction of sp³-hybridized carbons (Fsp3) is 0.625. The van der Waals surface area contributed by atoms with E-state index >= 15 is 0 Å². The van der Waals surface area contributed by atoms with Crippen molar-refractivity contribution in [1.29, 1.82) is 0 Å². The van der Waals surface area contributed by atoms with Crippen LogP contribution in [0.3, 0.4) is 0 Å². The van der Waals surface area contributed by atoms with E-state index in [9.17, 15) is 0 Å². The van der Waals surface area contributed by atoms with Gasteiger partial charge in [-0.1, -0.05) is 41.9 Å². The lowest BCUT2D eigenvalue weighted by atomic mass is 9.76. The SMILES string of the molecule is CCN(CC)CCNC1CC(c2cccc(Br)c2)C1. The van der Waals surface area contributed by atoms with Crippen molar-refractivity contribution in [2.24, 2.45) is 0 Å². The van der Waals surface area contributed by atoms with Crippen molar-refractivity contribution in [3.05, 3.63) is 34.3 Å². The molecule has 3 heteroatoms. The Balaban J connectivity index is 1.66. The largest absolute Gasteiger partial charge is 0.313 e. The van der Waals surface area contributed by atoms with E-state index in [2.05, 4.69) is 64.3 Å². The molecule has 2 rings (SSSR count). The van der Waals surface area contributed by atoms with E-state index in [4.69, 9.17) is 0 Å². The third-order valence-corrected chi connectivity index (χ3v) is 4.71. The van der Waals surface area contributed by atoms with Crippen LogP contribution in [0.15, 0.2) is 28.7 Å². The molecule has 0 atom stereocenters. The lowest BCUT2D eigenvalue weighted by molar-refractivity contribution is 0.256. The Hall–Kier alpha value is -0.380. The van der Waals surface area contributed by atoms with Gasteiger partial charge < -0.3 is 10.2 Å². The summed E-state index contributed by atoms with van der Waals surface area (Å²) in [5.41, 5.74) is 1.48. The average molecular weight is 325 g/mol. The summed E-state index contributed by atoms with van der Waals surface area (Å²) < 4.78 is 1.20. The number of hydrogen-bond acceptors (Lipinski definition) is 2. The molecule has 0 aliphatic heterocycles. The number of halogens is 1. The molecule has 106 valence electrons. The molecule has 1 N–H and O–H groups in total. The molecule has 0 amide bonds. The molecule has 1 aromatic carbocycles.